The second-order valence-electron chi connectivity index (χ2n) is 5.00. The number of rotatable bonds is 6. The van der Waals surface area contributed by atoms with Crippen LogP contribution in [-0.2, 0) is 10.2 Å². The molecule has 1 amide bonds. The van der Waals surface area contributed by atoms with Crippen LogP contribution in [0.5, 0.6) is 0 Å². The fourth-order valence-electron chi connectivity index (χ4n) is 1.66. The van der Waals surface area contributed by atoms with E-state index in [0.29, 0.717) is 19.4 Å². The Hall–Kier alpha value is -1.42. The van der Waals surface area contributed by atoms with Gasteiger partial charge in [0.2, 0.25) is 5.91 Å². The molecule has 0 heterocycles. The molecule has 1 rings (SSSR count). The second kappa shape index (κ2) is 6.50. The maximum atomic E-state index is 13.1. The van der Waals surface area contributed by atoms with Gasteiger partial charge in [0.1, 0.15) is 5.82 Å². The molecule has 0 aliphatic carbocycles. The largest absolute Gasteiger partial charge is 0.396 e. The molecule has 1 aromatic carbocycles. The standard InChI is InChI=1S/C14H20FNO2/c1-14(2,10-16-13(18)7-4-8-17)11-5-3-6-12(15)9-11/h3,5-6,9,17H,4,7-8,10H2,1-2H3,(H,16,18). The van der Waals surface area contributed by atoms with Crippen molar-refractivity contribution >= 4 is 5.91 Å². The number of carbonyl (C=O) groups excluding carboxylic acids is 1. The van der Waals surface area contributed by atoms with Crippen molar-refractivity contribution in [2.24, 2.45) is 0 Å². The Morgan fingerprint density at radius 1 is 1.44 bits per heavy atom. The third-order valence-electron chi connectivity index (χ3n) is 2.90. The van der Waals surface area contributed by atoms with Crippen LogP contribution in [0.2, 0.25) is 0 Å². The lowest BCUT2D eigenvalue weighted by molar-refractivity contribution is -0.121. The number of hydrogen-bond donors (Lipinski definition) is 2. The van der Waals surface area contributed by atoms with Gasteiger partial charge >= 0.3 is 0 Å². The lowest BCUT2D eigenvalue weighted by atomic mass is 9.84. The monoisotopic (exact) mass is 253 g/mol. The molecule has 0 aliphatic rings. The van der Waals surface area contributed by atoms with Crippen LogP contribution in [0, 0.1) is 5.82 Å². The van der Waals surface area contributed by atoms with Crippen molar-refractivity contribution in [3.63, 3.8) is 0 Å². The number of aliphatic hydroxyl groups is 1. The predicted octanol–water partition coefficient (Wildman–Crippen LogP) is 1.99. The fourth-order valence-corrected chi connectivity index (χ4v) is 1.66. The van der Waals surface area contributed by atoms with Gasteiger partial charge in [-0.15, -0.1) is 0 Å². The minimum absolute atomic E-state index is 0.0146. The number of hydrogen-bond acceptors (Lipinski definition) is 2. The van der Waals surface area contributed by atoms with Crippen LogP contribution in [-0.4, -0.2) is 24.2 Å². The van der Waals surface area contributed by atoms with Crippen LogP contribution < -0.4 is 5.32 Å². The zero-order valence-corrected chi connectivity index (χ0v) is 10.9. The third kappa shape index (κ3) is 4.45. The minimum Gasteiger partial charge on any atom is -0.396 e. The summed E-state index contributed by atoms with van der Waals surface area (Å²) >= 11 is 0. The van der Waals surface area contributed by atoms with Gasteiger partial charge in [0.05, 0.1) is 0 Å². The van der Waals surface area contributed by atoms with Crippen LogP contribution in [0.15, 0.2) is 24.3 Å². The van der Waals surface area contributed by atoms with Gasteiger partial charge in [-0.25, -0.2) is 4.39 Å². The van der Waals surface area contributed by atoms with Gasteiger partial charge in [-0.2, -0.15) is 0 Å². The summed E-state index contributed by atoms with van der Waals surface area (Å²) in [5.41, 5.74) is 0.529. The molecule has 100 valence electrons. The average Bonchev–Trinajstić information content (AvgIpc) is 2.34. The molecule has 0 radical (unpaired) electrons. The summed E-state index contributed by atoms with van der Waals surface area (Å²) in [6.45, 7) is 4.36. The summed E-state index contributed by atoms with van der Waals surface area (Å²) in [6, 6.07) is 6.41. The summed E-state index contributed by atoms with van der Waals surface area (Å²) in [7, 11) is 0. The highest BCUT2D eigenvalue weighted by molar-refractivity contribution is 5.75. The van der Waals surface area contributed by atoms with Crippen molar-refractivity contribution in [1.82, 2.24) is 5.32 Å². The molecule has 0 saturated heterocycles. The average molecular weight is 253 g/mol. The first-order valence-electron chi connectivity index (χ1n) is 6.09. The van der Waals surface area contributed by atoms with E-state index in [4.69, 9.17) is 5.11 Å². The van der Waals surface area contributed by atoms with E-state index in [1.54, 1.807) is 6.07 Å². The van der Waals surface area contributed by atoms with E-state index in [9.17, 15) is 9.18 Å². The highest BCUT2D eigenvalue weighted by Crippen LogP contribution is 2.22. The predicted molar refractivity (Wildman–Crippen MR) is 68.8 cm³/mol. The first-order valence-corrected chi connectivity index (χ1v) is 6.09. The first kappa shape index (κ1) is 14.6. The first-order chi connectivity index (χ1) is 8.45. The second-order valence-corrected chi connectivity index (χ2v) is 5.00. The number of nitrogens with one attached hydrogen (secondary N) is 1. The third-order valence-corrected chi connectivity index (χ3v) is 2.90. The Labute approximate surface area is 107 Å². The lowest BCUT2D eigenvalue weighted by Gasteiger charge is -2.25. The van der Waals surface area contributed by atoms with Crippen LogP contribution in [0.4, 0.5) is 4.39 Å². The van der Waals surface area contributed by atoms with Crippen molar-refractivity contribution in [3.8, 4) is 0 Å². The molecule has 0 bridgehead atoms. The Morgan fingerprint density at radius 3 is 2.78 bits per heavy atom. The number of amides is 1. The van der Waals surface area contributed by atoms with Crippen LogP contribution in [0.1, 0.15) is 32.3 Å². The Morgan fingerprint density at radius 2 is 2.17 bits per heavy atom. The lowest BCUT2D eigenvalue weighted by Crippen LogP contribution is -2.36. The SMILES string of the molecule is CC(C)(CNC(=O)CCCO)c1cccc(F)c1. The van der Waals surface area contributed by atoms with Gasteiger partial charge in [-0.3, -0.25) is 4.79 Å². The fraction of sp³-hybridized carbons (Fsp3) is 0.500. The number of halogens is 1. The smallest absolute Gasteiger partial charge is 0.220 e. The van der Waals surface area contributed by atoms with Crippen molar-refractivity contribution in [2.45, 2.75) is 32.1 Å². The van der Waals surface area contributed by atoms with E-state index in [1.165, 1.54) is 12.1 Å². The molecule has 0 spiro atoms. The van der Waals surface area contributed by atoms with E-state index in [-0.39, 0.29) is 23.7 Å². The molecule has 3 nitrogen and oxygen atoms in total. The molecule has 18 heavy (non-hydrogen) atoms. The van der Waals surface area contributed by atoms with Crippen molar-refractivity contribution in [2.75, 3.05) is 13.2 Å². The Kier molecular flexibility index (Phi) is 5.28. The molecule has 4 heteroatoms. The van der Waals surface area contributed by atoms with Crippen LogP contribution in [0.25, 0.3) is 0 Å². The zero-order valence-electron chi connectivity index (χ0n) is 10.9. The number of carbonyl (C=O) groups is 1. The summed E-state index contributed by atoms with van der Waals surface area (Å²) in [5.74, 6) is -0.360. The van der Waals surface area contributed by atoms with Gasteiger partial charge in [0, 0.05) is 25.0 Å². The Bertz CT molecular complexity index is 405. The van der Waals surface area contributed by atoms with Crippen molar-refractivity contribution in [3.05, 3.63) is 35.6 Å². The molecule has 1 aromatic rings. The molecule has 0 unspecified atom stereocenters. The van der Waals surface area contributed by atoms with Crippen LogP contribution >= 0.6 is 0 Å². The van der Waals surface area contributed by atoms with Crippen molar-refractivity contribution in [1.29, 1.82) is 0 Å². The maximum absolute atomic E-state index is 13.1. The summed E-state index contributed by atoms with van der Waals surface area (Å²) in [5, 5.41) is 11.4. The van der Waals surface area contributed by atoms with E-state index in [0.717, 1.165) is 5.56 Å². The van der Waals surface area contributed by atoms with Gasteiger partial charge in [-0.05, 0) is 24.1 Å². The van der Waals surface area contributed by atoms with Gasteiger partial charge in [-0.1, -0.05) is 26.0 Å². The molecular weight excluding hydrogens is 233 g/mol. The van der Waals surface area contributed by atoms with Crippen molar-refractivity contribution < 1.29 is 14.3 Å². The Balaban J connectivity index is 2.57. The minimum atomic E-state index is -0.322. The van der Waals surface area contributed by atoms with E-state index in [1.807, 2.05) is 19.9 Å². The summed E-state index contributed by atoms with van der Waals surface area (Å²) in [4.78, 5) is 11.5. The van der Waals surface area contributed by atoms with E-state index >= 15 is 0 Å². The molecule has 0 aliphatic heterocycles. The molecular formula is C14H20FNO2. The summed E-state index contributed by atoms with van der Waals surface area (Å²) in [6.07, 6.45) is 0.780. The van der Waals surface area contributed by atoms with E-state index < -0.39 is 0 Å². The van der Waals surface area contributed by atoms with Gasteiger partial charge < -0.3 is 10.4 Å². The van der Waals surface area contributed by atoms with Gasteiger partial charge in [0.25, 0.3) is 0 Å². The molecule has 0 atom stereocenters. The molecule has 2 N–H and O–H groups in total. The number of benzene rings is 1. The normalized spacial score (nSPS) is 11.3. The number of aliphatic hydroxyl groups excluding tert-OH is 1. The molecule has 0 saturated carbocycles. The molecule has 0 fully saturated rings. The highest BCUT2D eigenvalue weighted by atomic mass is 19.1. The topological polar surface area (TPSA) is 49.3 Å². The highest BCUT2D eigenvalue weighted by Gasteiger charge is 2.21. The van der Waals surface area contributed by atoms with Crippen LogP contribution in [0.3, 0.4) is 0 Å². The zero-order chi connectivity index (χ0) is 13.6. The molecule has 0 aromatic heterocycles. The van der Waals surface area contributed by atoms with E-state index in [2.05, 4.69) is 5.32 Å². The quantitative estimate of drug-likeness (QED) is 0.814. The van der Waals surface area contributed by atoms with Gasteiger partial charge in [0.15, 0.2) is 0 Å². The summed E-state index contributed by atoms with van der Waals surface area (Å²) < 4.78 is 13.1. The maximum Gasteiger partial charge on any atom is 0.220 e.